The molecule has 0 saturated heterocycles. The standard InChI is InChI=1S/C45H37N/c1-44(2)36-14-6-5-11-30(36)32-23-21-27-19-20-28(25-34(27)31-12-9-16-38(44)42(31)32)29-22-24-40-35(26-29)33-13-10-17-39-43(33)46(40)41-18-8-7-15-37(41)45(39,3)4/h5-20,22,24-26,32H,21,23H2,1-4H3. The van der Waals surface area contributed by atoms with E-state index in [0.717, 1.165) is 12.8 Å². The molecule has 1 aromatic heterocycles. The number of hydrogen-bond donors (Lipinski definition) is 0. The first-order valence-corrected chi connectivity index (χ1v) is 16.9. The molecular formula is C45H37N. The fraction of sp³-hybridized carbons (Fsp3) is 0.200. The zero-order valence-electron chi connectivity index (χ0n) is 27.0. The van der Waals surface area contributed by atoms with E-state index >= 15 is 0 Å². The maximum absolute atomic E-state index is 2.51. The first kappa shape index (κ1) is 26.3. The Labute approximate surface area is 271 Å². The van der Waals surface area contributed by atoms with Crippen LogP contribution in [-0.2, 0) is 17.3 Å². The van der Waals surface area contributed by atoms with E-state index in [9.17, 15) is 0 Å². The van der Waals surface area contributed by atoms with E-state index in [4.69, 9.17) is 0 Å². The van der Waals surface area contributed by atoms with Crippen molar-refractivity contribution in [2.75, 3.05) is 0 Å². The number of hydrogen-bond acceptors (Lipinski definition) is 0. The molecule has 0 N–H and O–H groups in total. The lowest BCUT2D eigenvalue weighted by Crippen LogP contribution is -2.29. The largest absolute Gasteiger partial charge is 0.309 e. The van der Waals surface area contributed by atoms with Crippen LogP contribution in [0.25, 0.3) is 49.7 Å². The van der Waals surface area contributed by atoms with Crippen LogP contribution >= 0.6 is 0 Å². The van der Waals surface area contributed by atoms with Crippen molar-refractivity contribution >= 4 is 21.8 Å². The lowest BCUT2D eigenvalue weighted by molar-refractivity contribution is 0.569. The van der Waals surface area contributed by atoms with Gasteiger partial charge in [0.15, 0.2) is 0 Å². The van der Waals surface area contributed by atoms with E-state index in [-0.39, 0.29) is 10.8 Å². The second kappa shape index (κ2) is 8.89. The van der Waals surface area contributed by atoms with Crippen LogP contribution in [0, 0.1) is 0 Å². The van der Waals surface area contributed by atoms with Gasteiger partial charge in [-0.2, -0.15) is 0 Å². The van der Waals surface area contributed by atoms with Crippen LogP contribution in [0.1, 0.15) is 79.0 Å². The summed E-state index contributed by atoms with van der Waals surface area (Å²) >= 11 is 0. The van der Waals surface area contributed by atoms with Gasteiger partial charge >= 0.3 is 0 Å². The van der Waals surface area contributed by atoms with Crippen LogP contribution in [0.15, 0.2) is 121 Å². The molecule has 0 saturated carbocycles. The first-order valence-electron chi connectivity index (χ1n) is 16.9. The zero-order chi connectivity index (χ0) is 30.9. The molecule has 0 amide bonds. The van der Waals surface area contributed by atoms with Crippen LogP contribution in [0.5, 0.6) is 0 Å². The quantitative estimate of drug-likeness (QED) is 0.179. The molecule has 0 spiro atoms. The van der Waals surface area contributed by atoms with E-state index in [2.05, 4.69) is 154 Å². The van der Waals surface area contributed by atoms with Crippen molar-refractivity contribution in [2.24, 2.45) is 0 Å². The molecule has 2 heterocycles. The lowest BCUT2D eigenvalue weighted by atomic mass is 9.63. The Morgan fingerprint density at radius 2 is 1.26 bits per heavy atom. The van der Waals surface area contributed by atoms with E-state index in [1.54, 1.807) is 5.56 Å². The van der Waals surface area contributed by atoms with Gasteiger partial charge in [-0.15, -0.1) is 0 Å². The highest BCUT2D eigenvalue weighted by Gasteiger charge is 2.40. The van der Waals surface area contributed by atoms with Crippen molar-refractivity contribution in [1.82, 2.24) is 4.57 Å². The maximum Gasteiger partial charge on any atom is 0.0582 e. The van der Waals surface area contributed by atoms with Crippen molar-refractivity contribution in [3.05, 3.63) is 160 Å². The molecule has 7 aromatic rings. The third kappa shape index (κ3) is 3.26. The van der Waals surface area contributed by atoms with E-state index in [1.165, 1.54) is 83.1 Å². The number of rotatable bonds is 1. The summed E-state index contributed by atoms with van der Waals surface area (Å²) in [5.74, 6) is 0.435. The van der Waals surface area contributed by atoms with Crippen LogP contribution in [0.3, 0.4) is 0 Å². The predicted molar refractivity (Wildman–Crippen MR) is 193 cm³/mol. The SMILES string of the molecule is CC1(C)c2ccccc2C2CCc3ccc(-c4ccc5c(c4)c4cccc6c4n5-c4ccccc4C6(C)C)cc3-c3cccc1c32. The Hall–Kier alpha value is -4.88. The molecule has 0 radical (unpaired) electrons. The monoisotopic (exact) mass is 591 g/mol. The fourth-order valence-corrected chi connectivity index (χ4v) is 9.56. The van der Waals surface area contributed by atoms with Crippen LogP contribution in [0.2, 0.25) is 0 Å². The Balaban J connectivity index is 1.18. The van der Waals surface area contributed by atoms with Crippen molar-refractivity contribution in [1.29, 1.82) is 0 Å². The van der Waals surface area contributed by atoms with Crippen molar-refractivity contribution in [3.8, 4) is 27.9 Å². The topological polar surface area (TPSA) is 4.93 Å². The molecule has 1 unspecified atom stereocenters. The Morgan fingerprint density at radius 1 is 0.565 bits per heavy atom. The van der Waals surface area contributed by atoms with Gasteiger partial charge in [-0.1, -0.05) is 125 Å². The minimum Gasteiger partial charge on any atom is -0.309 e. The number of nitrogens with zero attached hydrogens (tertiary/aromatic N) is 1. The highest BCUT2D eigenvalue weighted by Crippen LogP contribution is 2.53. The normalized spacial score (nSPS) is 18.0. The smallest absolute Gasteiger partial charge is 0.0582 e. The molecule has 10 rings (SSSR count). The van der Waals surface area contributed by atoms with Gasteiger partial charge in [-0.05, 0) is 98.3 Å². The second-order valence-corrected chi connectivity index (χ2v) is 14.9. The Kier molecular flexibility index (Phi) is 5.09. The van der Waals surface area contributed by atoms with Gasteiger partial charge in [0, 0.05) is 27.5 Å². The summed E-state index contributed by atoms with van der Waals surface area (Å²) in [6.07, 6.45) is 2.24. The Morgan fingerprint density at radius 3 is 2.15 bits per heavy atom. The summed E-state index contributed by atoms with van der Waals surface area (Å²) in [5.41, 5.74) is 19.6. The minimum atomic E-state index is -0.0535. The molecule has 1 nitrogen and oxygen atoms in total. The van der Waals surface area contributed by atoms with E-state index in [0.29, 0.717) is 5.92 Å². The third-order valence-corrected chi connectivity index (χ3v) is 11.9. The van der Waals surface area contributed by atoms with Gasteiger partial charge in [0.05, 0.1) is 16.7 Å². The minimum absolute atomic E-state index is 0.0183. The molecule has 3 aliphatic rings. The average molecular weight is 592 g/mol. The highest BCUT2D eigenvalue weighted by atomic mass is 15.0. The number of fused-ring (bicyclic) bond motifs is 9. The number of benzene rings is 6. The summed E-state index contributed by atoms with van der Waals surface area (Å²) < 4.78 is 2.51. The summed E-state index contributed by atoms with van der Waals surface area (Å²) in [4.78, 5) is 0. The molecule has 1 aliphatic heterocycles. The highest BCUT2D eigenvalue weighted by molar-refractivity contribution is 6.12. The van der Waals surface area contributed by atoms with Gasteiger partial charge in [0.25, 0.3) is 0 Å². The molecule has 2 aliphatic carbocycles. The van der Waals surface area contributed by atoms with Gasteiger partial charge in [-0.3, -0.25) is 0 Å². The van der Waals surface area contributed by atoms with Crippen molar-refractivity contribution in [2.45, 2.75) is 57.3 Å². The Bertz CT molecular complexity index is 2430. The molecule has 0 fully saturated rings. The van der Waals surface area contributed by atoms with Gasteiger partial charge in [0.1, 0.15) is 0 Å². The van der Waals surface area contributed by atoms with Gasteiger partial charge in [-0.25, -0.2) is 0 Å². The van der Waals surface area contributed by atoms with Crippen molar-refractivity contribution in [3.63, 3.8) is 0 Å². The molecule has 1 atom stereocenters. The third-order valence-electron chi connectivity index (χ3n) is 11.9. The molecule has 222 valence electrons. The van der Waals surface area contributed by atoms with Gasteiger partial charge in [0.2, 0.25) is 0 Å². The molecular weight excluding hydrogens is 555 g/mol. The zero-order valence-corrected chi connectivity index (χ0v) is 27.0. The molecule has 6 aromatic carbocycles. The summed E-state index contributed by atoms with van der Waals surface area (Å²) in [7, 11) is 0. The van der Waals surface area contributed by atoms with Crippen LogP contribution in [-0.4, -0.2) is 4.57 Å². The number of para-hydroxylation sites is 2. The maximum atomic E-state index is 2.51. The number of aryl methyl sites for hydroxylation is 1. The number of aromatic nitrogens is 1. The molecule has 1 heteroatoms. The van der Waals surface area contributed by atoms with Crippen molar-refractivity contribution < 1.29 is 0 Å². The summed E-state index contributed by atoms with van der Waals surface area (Å²) in [5, 5.41) is 2.67. The molecule has 46 heavy (non-hydrogen) atoms. The second-order valence-electron chi connectivity index (χ2n) is 14.9. The van der Waals surface area contributed by atoms with Gasteiger partial charge < -0.3 is 4.57 Å². The average Bonchev–Trinajstić information content (AvgIpc) is 3.31. The van der Waals surface area contributed by atoms with Crippen LogP contribution in [0.4, 0.5) is 0 Å². The van der Waals surface area contributed by atoms with E-state index in [1.807, 2.05) is 0 Å². The van der Waals surface area contributed by atoms with E-state index < -0.39 is 0 Å². The molecule has 0 bridgehead atoms. The first-order chi connectivity index (χ1) is 22.3. The fourth-order valence-electron chi connectivity index (χ4n) is 9.56. The summed E-state index contributed by atoms with van der Waals surface area (Å²) in [6.45, 7) is 9.56. The van der Waals surface area contributed by atoms with Crippen LogP contribution < -0.4 is 0 Å². The lowest BCUT2D eigenvalue weighted by Gasteiger charge is -2.40. The summed E-state index contributed by atoms with van der Waals surface area (Å²) in [6, 6.07) is 46.5. The predicted octanol–water partition coefficient (Wildman–Crippen LogP) is 11.5.